The number of hydrogen-bond acceptors (Lipinski definition) is 3. The van der Waals surface area contributed by atoms with Crippen molar-refractivity contribution >= 4 is 45.0 Å². The van der Waals surface area contributed by atoms with Crippen LogP contribution in [0.1, 0.15) is 26.7 Å². The summed E-state index contributed by atoms with van der Waals surface area (Å²) < 4.78 is 13.2. The standard InChI is InChI=1S/C16H23BrN2O2S.ClH/c1-12-13(2)19(10-9-18-12)16(20)4-3-11-22(21)15-7-5-14(17)6-8-15;/h5-8,12-13,18H,3-4,9-11H2,1-2H3;1H. The van der Waals surface area contributed by atoms with Gasteiger partial charge in [0.25, 0.3) is 0 Å². The summed E-state index contributed by atoms with van der Waals surface area (Å²) >= 11 is 3.37. The first kappa shape index (κ1) is 20.6. The fourth-order valence-electron chi connectivity index (χ4n) is 2.61. The minimum Gasteiger partial charge on any atom is -0.337 e. The number of halogens is 2. The molecule has 0 bridgehead atoms. The predicted octanol–water partition coefficient (Wildman–Crippen LogP) is 2.97. The summed E-state index contributed by atoms with van der Waals surface area (Å²) in [5.74, 6) is 0.706. The summed E-state index contributed by atoms with van der Waals surface area (Å²) in [4.78, 5) is 15.1. The normalized spacial score (nSPS) is 22.3. The number of hydrogen-bond donors (Lipinski definition) is 1. The van der Waals surface area contributed by atoms with E-state index in [0.717, 1.165) is 22.5 Å². The molecule has 1 aliphatic heterocycles. The highest BCUT2D eigenvalue weighted by Crippen LogP contribution is 2.15. The number of carbonyl (C=O) groups is 1. The molecule has 3 unspecified atom stereocenters. The van der Waals surface area contributed by atoms with Gasteiger partial charge in [-0.2, -0.15) is 0 Å². The Kier molecular flexibility index (Phi) is 8.75. The van der Waals surface area contributed by atoms with Crippen LogP contribution >= 0.6 is 28.3 Å². The molecule has 0 aromatic heterocycles. The molecule has 1 fully saturated rings. The third-order valence-electron chi connectivity index (χ3n) is 4.15. The van der Waals surface area contributed by atoms with Crippen LogP contribution < -0.4 is 5.32 Å². The van der Waals surface area contributed by atoms with E-state index in [-0.39, 0.29) is 24.4 Å². The molecule has 0 saturated carbocycles. The van der Waals surface area contributed by atoms with E-state index in [4.69, 9.17) is 0 Å². The van der Waals surface area contributed by atoms with Crippen LogP contribution in [0.15, 0.2) is 33.6 Å². The van der Waals surface area contributed by atoms with Gasteiger partial charge < -0.3 is 10.2 Å². The zero-order chi connectivity index (χ0) is 16.1. The van der Waals surface area contributed by atoms with E-state index in [1.54, 1.807) is 0 Å². The van der Waals surface area contributed by atoms with Gasteiger partial charge in [-0.05, 0) is 44.5 Å². The molecule has 1 heterocycles. The van der Waals surface area contributed by atoms with E-state index in [0.29, 0.717) is 24.6 Å². The van der Waals surface area contributed by atoms with Gasteiger partial charge in [0, 0.05) is 46.7 Å². The third kappa shape index (κ3) is 5.85. The number of nitrogens with zero attached hydrogens (tertiary/aromatic N) is 1. The summed E-state index contributed by atoms with van der Waals surface area (Å²) in [6.45, 7) is 5.80. The molecule has 1 aromatic carbocycles. The molecule has 0 radical (unpaired) electrons. The van der Waals surface area contributed by atoms with Crippen LogP contribution in [-0.2, 0) is 15.6 Å². The van der Waals surface area contributed by atoms with Crippen molar-refractivity contribution in [3.8, 4) is 0 Å². The average molecular weight is 424 g/mol. The summed E-state index contributed by atoms with van der Waals surface area (Å²) in [5, 5.41) is 3.37. The van der Waals surface area contributed by atoms with Gasteiger partial charge in [0.15, 0.2) is 0 Å². The molecule has 3 atom stereocenters. The molecule has 1 amide bonds. The van der Waals surface area contributed by atoms with E-state index in [2.05, 4.69) is 35.1 Å². The molecule has 130 valence electrons. The Morgan fingerprint density at radius 2 is 2.00 bits per heavy atom. The lowest BCUT2D eigenvalue weighted by Gasteiger charge is -2.38. The molecule has 0 spiro atoms. The Hall–Kier alpha value is -0.430. The van der Waals surface area contributed by atoms with Gasteiger partial charge in [0.1, 0.15) is 0 Å². The number of nitrogens with one attached hydrogen (secondary N) is 1. The number of rotatable bonds is 5. The third-order valence-corrected chi connectivity index (χ3v) is 6.14. The molecule has 4 nitrogen and oxygen atoms in total. The van der Waals surface area contributed by atoms with Crippen LogP contribution in [0.3, 0.4) is 0 Å². The van der Waals surface area contributed by atoms with E-state index in [1.807, 2.05) is 29.2 Å². The summed E-state index contributed by atoms with van der Waals surface area (Å²) in [6.07, 6.45) is 1.13. The molecule has 1 aliphatic rings. The lowest BCUT2D eigenvalue weighted by Crippen LogP contribution is -2.57. The molecule has 2 rings (SSSR count). The molecular formula is C16H24BrClN2O2S. The highest BCUT2D eigenvalue weighted by atomic mass is 79.9. The van der Waals surface area contributed by atoms with Gasteiger partial charge in [-0.3, -0.25) is 9.00 Å². The van der Waals surface area contributed by atoms with Crippen molar-refractivity contribution in [1.29, 1.82) is 0 Å². The monoisotopic (exact) mass is 422 g/mol. The molecule has 1 N–H and O–H groups in total. The first-order valence-electron chi connectivity index (χ1n) is 7.66. The Balaban J connectivity index is 0.00000264. The van der Waals surface area contributed by atoms with Crippen molar-refractivity contribution in [2.45, 2.75) is 43.7 Å². The van der Waals surface area contributed by atoms with Gasteiger partial charge in [-0.1, -0.05) is 15.9 Å². The van der Waals surface area contributed by atoms with Crippen LogP contribution in [0.4, 0.5) is 0 Å². The largest absolute Gasteiger partial charge is 0.337 e. The Morgan fingerprint density at radius 1 is 1.35 bits per heavy atom. The van der Waals surface area contributed by atoms with Crippen molar-refractivity contribution in [3.63, 3.8) is 0 Å². The van der Waals surface area contributed by atoms with Gasteiger partial charge >= 0.3 is 0 Å². The van der Waals surface area contributed by atoms with Crippen LogP contribution in [0.5, 0.6) is 0 Å². The van der Waals surface area contributed by atoms with E-state index in [9.17, 15) is 9.00 Å². The van der Waals surface area contributed by atoms with Gasteiger partial charge in [0.05, 0.1) is 10.8 Å². The number of carbonyl (C=O) groups excluding carboxylic acids is 1. The average Bonchev–Trinajstić information content (AvgIpc) is 2.50. The van der Waals surface area contributed by atoms with E-state index < -0.39 is 10.8 Å². The van der Waals surface area contributed by atoms with E-state index in [1.165, 1.54) is 0 Å². The second kappa shape index (κ2) is 9.77. The highest BCUT2D eigenvalue weighted by molar-refractivity contribution is 9.10. The minimum absolute atomic E-state index is 0. The number of amides is 1. The van der Waals surface area contributed by atoms with Gasteiger partial charge in [-0.15, -0.1) is 12.4 Å². The van der Waals surface area contributed by atoms with Crippen LogP contribution in [0.25, 0.3) is 0 Å². The second-order valence-electron chi connectivity index (χ2n) is 5.68. The zero-order valence-corrected chi connectivity index (χ0v) is 16.7. The Bertz CT molecular complexity index is 541. The van der Waals surface area contributed by atoms with E-state index >= 15 is 0 Å². The summed E-state index contributed by atoms with van der Waals surface area (Å²) in [7, 11) is -1.03. The lowest BCUT2D eigenvalue weighted by atomic mass is 10.1. The van der Waals surface area contributed by atoms with Crippen LogP contribution in [0, 0.1) is 0 Å². The minimum atomic E-state index is -1.03. The fourth-order valence-corrected chi connectivity index (χ4v) is 3.96. The van der Waals surface area contributed by atoms with Crippen LogP contribution in [-0.4, -0.2) is 45.9 Å². The lowest BCUT2D eigenvalue weighted by molar-refractivity contribution is -0.134. The highest BCUT2D eigenvalue weighted by Gasteiger charge is 2.27. The predicted molar refractivity (Wildman–Crippen MR) is 101 cm³/mol. The number of benzene rings is 1. The first-order valence-corrected chi connectivity index (χ1v) is 9.77. The summed E-state index contributed by atoms with van der Waals surface area (Å²) in [6, 6.07) is 8.06. The number of piperazine rings is 1. The smallest absolute Gasteiger partial charge is 0.222 e. The molecule has 7 heteroatoms. The second-order valence-corrected chi connectivity index (χ2v) is 8.16. The van der Waals surface area contributed by atoms with Crippen molar-refractivity contribution in [2.24, 2.45) is 0 Å². The zero-order valence-electron chi connectivity index (χ0n) is 13.5. The SMILES string of the molecule is CC1NCCN(C(=O)CCCS(=O)c2ccc(Br)cc2)C1C.Cl. The Labute approximate surface area is 155 Å². The van der Waals surface area contributed by atoms with Crippen molar-refractivity contribution < 1.29 is 9.00 Å². The van der Waals surface area contributed by atoms with Gasteiger partial charge in [-0.25, -0.2) is 0 Å². The van der Waals surface area contributed by atoms with Crippen molar-refractivity contribution in [2.75, 3.05) is 18.8 Å². The van der Waals surface area contributed by atoms with Crippen LogP contribution in [0.2, 0.25) is 0 Å². The quantitative estimate of drug-likeness (QED) is 0.792. The molecule has 23 heavy (non-hydrogen) atoms. The molecule has 1 aromatic rings. The maximum absolute atomic E-state index is 12.3. The summed E-state index contributed by atoms with van der Waals surface area (Å²) in [5.41, 5.74) is 0. The maximum Gasteiger partial charge on any atom is 0.222 e. The molecular weight excluding hydrogens is 400 g/mol. The molecule has 1 saturated heterocycles. The van der Waals surface area contributed by atoms with Gasteiger partial charge in [0.2, 0.25) is 5.91 Å². The fraction of sp³-hybridized carbons (Fsp3) is 0.562. The molecule has 0 aliphatic carbocycles. The maximum atomic E-state index is 12.3. The first-order chi connectivity index (χ1) is 10.5. The Morgan fingerprint density at radius 3 is 2.65 bits per heavy atom. The van der Waals surface area contributed by atoms with Crippen molar-refractivity contribution in [1.82, 2.24) is 10.2 Å². The van der Waals surface area contributed by atoms with Crippen molar-refractivity contribution in [3.05, 3.63) is 28.7 Å². The topological polar surface area (TPSA) is 49.4 Å².